The third-order valence-electron chi connectivity index (χ3n) is 15.3. The predicted octanol–water partition coefficient (Wildman–Crippen LogP) is 15.4. The summed E-state index contributed by atoms with van der Waals surface area (Å²) in [7, 11) is 5.06. The van der Waals surface area contributed by atoms with Crippen LogP contribution in [0.1, 0.15) is 193 Å². The summed E-state index contributed by atoms with van der Waals surface area (Å²) in [5.41, 5.74) is 3.95. The molecular weight excluding hydrogens is 841 g/mol. The standard InChI is InChI=1S/C22H32O3.C21H34O3.C15H24O3/c1-4-15(2)19-5-6-20(21(10-19)23-3)24-14-25-22-11-16-7-17(12-22)9-18(8-16)13-22;1-5-16(2)19-11-12-20(21(15-19)22-4)24-17(3)23-14-13-18-9-7-6-8-10-18;1-6-11(3)13-8-9-14(15(10-13)16-5)18-12(4)17-7-2/h5-6,10,15-18H,4,7-9,11-14H2,1-3H3;11-12,15-18H,5-10,13-14H2,1-4H3;8-12H,6-7H2,1-5H3. The quantitative estimate of drug-likeness (QED) is 0.0863. The highest BCUT2D eigenvalue weighted by atomic mass is 16.7. The van der Waals surface area contributed by atoms with Crippen LogP contribution in [0.3, 0.4) is 0 Å². The van der Waals surface area contributed by atoms with E-state index >= 15 is 0 Å². The zero-order chi connectivity index (χ0) is 48.3. The number of hydrogen-bond acceptors (Lipinski definition) is 9. The van der Waals surface area contributed by atoms with Gasteiger partial charge in [-0.05, 0) is 179 Å². The van der Waals surface area contributed by atoms with Crippen molar-refractivity contribution in [3.63, 3.8) is 0 Å². The largest absolute Gasteiger partial charge is 0.493 e. The Morgan fingerprint density at radius 2 is 0.940 bits per heavy atom. The third kappa shape index (κ3) is 16.2. The maximum absolute atomic E-state index is 6.37. The van der Waals surface area contributed by atoms with Crippen LogP contribution < -0.4 is 28.4 Å². The number of rotatable bonds is 23. The number of hydrogen-bond donors (Lipinski definition) is 0. The number of benzene rings is 3. The first-order valence-corrected chi connectivity index (χ1v) is 26.2. The molecule has 0 spiro atoms. The van der Waals surface area contributed by atoms with Gasteiger partial charge in [-0.15, -0.1) is 0 Å². The second kappa shape index (κ2) is 27.5. The summed E-state index contributed by atoms with van der Waals surface area (Å²) in [6.07, 6.45) is 18.9. The minimum atomic E-state index is -0.265. The fraction of sp³-hybridized carbons (Fsp3) is 0.690. The summed E-state index contributed by atoms with van der Waals surface area (Å²) in [5.74, 6) is 9.76. The van der Waals surface area contributed by atoms with Crippen LogP contribution in [-0.4, -0.2) is 59.5 Å². The molecule has 5 fully saturated rings. The van der Waals surface area contributed by atoms with E-state index in [1.165, 1.54) is 87.3 Å². The average Bonchev–Trinajstić information content (AvgIpc) is 3.33. The molecule has 67 heavy (non-hydrogen) atoms. The van der Waals surface area contributed by atoms with Gasteiger partial charge in [-0.3, -0.25) is 0 Å². The van der Waals surface area contributed by atoms with Gasteiger partial charge in [0.15, 0.2) is 53.9 Å². The Labute approximate surface area is 406 Å². The lowest BCUT2D eigenvalue weighted by Gasteiger charge is -2.56. The van der Waals surface area contributed by atoms with Gasteiger partial charge in [0.2, 0.25) is 0 Å². The Morgan fingerprint density at radius 1 is 0.522 bits per heavy atom. The van der Waals surface area contributed by atoms with Crippen molar-refractivity contribution in [2.24, 2.45) is 23.7 Å². The molecule has 376 valence electrons. The van der Waals surface area contributed by atoms with Gasteiger partial charge in [0, 0.05) is 6.61 Å². The molecule has 5 atom stereocenters. The maximum Gasteiger partial charge on any atom is 0.197 e. The van der Waals surface area contributed by atoms with Crippen molar-refractivity contribution >= 4 is 0 Å². The summed E-state index contributed by atoms with van der Waals surface area (Å²) in [6.45, 7) is 20.8. The van der Waals surface area contributed by atoms with Crippen LogP contribution >= 0.6 is 0 Å². The van der Waals surface area contributed by atoms with E-state index in [4.69, 9.17) is 42.6 Å². The SMILES string of the molecule is CCC(C)c1ccc(OC(C)OCCC2CCCCC2)c(OC)c1.CCC(C)c1ccc(OCOC23CC4CC(CC(C4)C2)C3)c(OC)c1.CCOC(C)Oc1ccc(C(C)CC)cc1OC. The average molecular weight is 931 g/mol. The molecule has 0 N–H and O–H groups in total. The van der Waals surface area contributed by atoms with Crippen molar-refractivity contribution in [2.75, 3.05) is 41.3 Å². The lowest BCUT2D eigenvalue weighted by Crippen LogP contribution is -2.52. The second-order valence-electron chi connectivity index (χ2n) is 20.2. The summed E-state index contributed by atoms with van der Waals surface area (Å²) >= 11 is 0. The van der Waals surface area contributed by atoms with E-state index in [2.05, 4.69) is 71.9 Å². The molecule has 9 heteroatoms. The van der Waals surface area contributed by atoms with Gasteiger partial charge < -0.3 is 42.6 Å². The minimum absolute atomic E-state index is 0.0959. The van der Waals surface area contributed by atoms with E-state index in [1.54, 1.807) is 21.3 Å². The Morgan fingerprint density at radius 3 is 1.36 bits per heavy atom. The molecule has 0 aromatic heterocycles. The summed E-state index contributed by atoms with van der Waals surface area (Å²) in [4.78, 5) is 0. The Balaban J connectivity index is 0.000000191. The van der Waals surface area contributed by atoms with Crippen molar-refractivity contribution in [1.29, 1.82) is 0 Å². The Kier molecular flexibility index (Phi) is 22.3. The van der Waals surface area contributed by atoms with Crippen LogP contribution in [0, 0.1) is 23.7 Å². The topological polar surface area (TPSA) is 83.1 Å². The van der Waals surface area contributed by atoms with Gasteiger partial charge in [0.25, 0.3) is 0 Å². The molecule has 8 rings (SSSR count). The maximum atomic E-state index is 6.37. The first-order valence-electron chi connectivity index (χ1n) is 26.2. The van der Waals surface area contributed by atoms with Gasteiger partial charge in [-0.2, -0.15) is 0 Å². The van der Waals surface area contributed by atoms with E-state index in [0.717, 1.165) is 90.5 Å². The molecular formula is C58H90O9. The van der Waals surface area contributed by atoms with Gasteiger partial charge in [-0.25, -0.2) is 0 Å². The van der Waals surface area contributed by atoms with E-state index in [0.29, 0.717) is 31.2 Å². The molecule has 9 nitrogen and oxygen atoms in total. The Hall–Kier alpha value is -3.66. The van der Waals surface area contributed by atoms with Crippen LogP contribution in [0.4, 0.5) is 0 Å². The lowest BCUT2D eigenvalue weighted by atomic mass is 9.54. The monoisotopic (exact) mass is 931 g/mol. The first kappa shape index (κ1) is 54.3. The molecule has 5 saturated carbocycles. The molecule has 3 aromatic carbocycles. The highest BCUT2D eigenvalue weighted by Gasteiger charge is 2.51. The van der Waals surface area contributed by atoms with Crippen LogP contribution in [-0.2, 0) is 14.2 Å². The molecule has 0 saturated heterocycles. The van der Waals surface area contributed by atoms with E-state index < -0.39 is 0 Å². The van der Waals surface area contributed by atoms with Crippen LogP contribution in [0.5, 0.6) is 34.5 Å². The molecule has 5 aliphatic carbocycles. The van der Waals surface area contributed by atoms with Crippen LogP contribution in [0.2, 0.25) is 0 Å². The summed E-state index contributed by atoms with van der Waals surface area (Å²) in [5, 5.41) is 0. The zero-order valence-corrected chi connectivity index (χ0v) is 43.8. The van der Waals surface area contributed by atoms with Crippen molar-refractivity contribution in [2.45, 2.75) is 195 Å². The van der Waals surface area contributed by atoms with Crippen LogP contribution in [0.25, 0.3) is 0 Å². The van der Waals surface area contributed by atoms with Gasteiger partial charge >= 0.3 is 0 Å². The summed E-state index contributed by atoms with van der Waals surface area (Å²) in [6, 6.07) is 18.6. The van der Waals surface area contributed by atoms with Crippen molar-refractivity contribution in [1.82, 2.24) is 0 Å². The molecule has 4 bridgehead atoms. The van der Waals surface area contributed by atoms with E-state index in [-0.39, 0.29) is 18.2 Å². The molecule has 0 amide bonds. The first-order chi connectivity index (χ1) is 32.4. The molecule has 5 aliphatic rings. The van der Waals surface area contributed by atoms with E-state index in [9.17, 15) is 0 Å². The fourth-order valence-electron chi connectivity index (χ4n) is 11.0. The van der Waals surface area contributed by atoms with Crippen molar-refractivity contribution in [3.8, 4) is 34.5 Å². The predicted molar refractivity (Wildman–Crippen MR) is 272 cm³/mol. The summed E-state index contributed by atoms with van der Waals surface area (Å²) < 4.78 is 51.7. The molecule has 3 aromatic rings. The van der Waals surface area contributed by atoms with Gasteiger partial charge in [-0.1, -0.05) is 91.8 Å². The smallest absolute Gasteiger partial charge is 0.197 e. The van der Waals surface area contributed by atoms with Crippen molar-refractivity contribution < 1.29 is 42.6 Å². The molecule has 5 unspecified atom stereocenters. The lowest BCUT2D eigenvalue weighted by molar-refractivity contribution is -0.190. The van der Waals surface area contributed by atoms with Gasteiger partial charge in [0.05, 0.1) is 33.5 Å². The molecule has 0 radical (unpaired) electrons. The Bertz CT molecular complexity index is 1840. The number of methoxy groups -OCH3 is 3. The van der Waals surface area contributed by atoms with Crippen LogP contribution in [0.15, 0.2) is 54.6 Å². The highest BCUT2D eigenvalue weighted by Crippen LogP contribution is 2.57. The molecule has 0 aliphatic heterocycles. The van der Waals surface area contributed by atoms with Crippen molar-refractivity contribution in [3.05, 3.63) is 71.3 Å². The highest BCUT2D eigenvalue weighted by molar-refractivity contribution is 5.45. The normalized spacial score (nSPS) is 23.0. The fourth-order valence-corrected chi connectivity index (χ4v) is 11.0. The third-order valence-corrected chi connectivity index (χ3v) is 15.3. The zero-order valence-electron chi connectivity index (χ0n) is 43.8. The van der Waals surface area contributed by atoms with Gasteiger partial charge in [0.1, 0.15) is 0 Å². The molecule has 0 heterocycles. The minimum Gasteiger partial charge on any atom is -0.493 e. The second-order valence-corrected chi connectivity index (χ2v) is 20.2. The number of ether oxygens (including phenoxy) is 9. The van der Waals surface area contributed by atoms with E-state index in [1.807, 2.05) is 45.0 Å².